The standard InChI is InChI=1S/C12H17F/c1-5-6-11-7-8(2)9(3)12(13)10(11)4/h7H,5-6H2,1-4H3. The van der Waals surface area contributed by atoms with Crippen LogP contribution in [0.15, 0.2) is 6.07 Å². The van der Waals surface area contributed by atoms with Crippen molar-refractivity contribution >= 4 is 0 Å². The average molecular weight is 180 g/mol. The molecule has 0 radical (unpaired) electrons. The highest BCUT2D eigenvalue weighted by molar-refractivity contribution is 5.38. The van der Waals surface area contributed by atoms with Crippen LogP contribution in [-0.4, -0.2) is 0 Å². The van der Waals surface area contributed by atoms with Crippen LogP contribution in [0.2, 0.25) is 0 Å². The Morgan fingerprint density at radius 3 is 2.31 bits per heavy atom. The number of halogens is 1. The zero-order valence-electron chi connectivity index (χ0n) is 8.87. The van der Waals surface area contributed by atoms with Crippen molar-refractivity contribution in [2.45, 2.75) is 40.5 Å². The highest BCUT2D eigenvalue weighted by Gasteiger charge is 2.08. The van der Waals surface area contributed by atoms with Gasteiger partial charge in [-0.05, 0) is 49.4 Å². The summed E-state index contributed by atoms with van der Waals surface area (Å²) >= 11 is 0. The molecule has 72 valence electrons. The molecule has 0 aliphatic rings. The van der Waals surface area contributed by atoms with Gasteiger partial charge < -0.3 is 0 Å². The first-order valence-electron chi connectivity index (χ1n) is 4.83. The van der Waals surface area contributed by atoms with E-state index < -0.39 is 0 Å². The van der Waals surface area contributed by atoms with E-state index in [0.29, 0.717) is 0 Å². The third-order valence-corrected chi connectivity index (χ3v) is 2.64. The monoisotopic (exact) mass is 180 g/mol. The van der Waals surface area contributed by atoms with Gasteiger partial charge in [-0.25, -0.2) is 4.39 Å². The van der Waals surface area contributed by atoms with E-state index in [1.54, 1.807) is 0 Å². The van der Waals surface area contributed by atoms with Crippen LogP contribution in [0.3, 0.4) is 0 Å². The Morgan fingerprint density at radius 2 is 1.77 bits per heavy atom. The van der Waals surface area contributed by atoms with Gasteiger partial charge in [0, 0.05) is 0 Å². The van der Waals surface area contributed by atoms with Gasteiger partial charge in [-0.3, -0.25) is 0 Å². The molecule has 0 fully saturated rings. The topological polar surface area (TPSA) is 0 Å². The van der Waals surface area contributed by atoms with Gasteiger partial charge in [0.1, 0.15) is 5.82 Å². The van der Waals surface area contributed by atoms with Crippen LogP contribution in [0, 0.1) is 26.6 Å². The molecule has 0 atom stereocenters. The van der Waals surface area contributed by atoms with Crippen molar-refractivity contribution in [2.24, 2.45) is 0 Å². The Kier molecular flexibility index (Phi) is 3.07. The second-order valence-electron chi connectivity index (χ2n) is 3.67. The Hall–Kier alpha value is -0.850. The molecule has 13 heavy (non-hydrogen) atoms. The van der Waals surface area contributed by atoms with Crippen molar-refractivity contribution in [2.75, 3.05) is 0 Å². The maximum atomic E-state index is 13.6. The summed E-state index contributed by atoms with van der Waals surface area (Å²) in [5.74, 6) is -0.0246. The van der Waals surface area contributed by atoms with E-state index in [2.05, 4.69) is 13.0 Å². The highest BCUT2D eigenvalue weighted by atomic mass is 19.1. The highest BCUT2D eigenvalue weighted by Crippen LogP contribution is 2.21. The van der Waals surface area contributed by atoms with E-state index in [4.69, 9.17) is 0 Å². The van der Waals surface area contributed by atoms with Gasteiger partial charge in [0.25, 0.3) is 0 Å². The van der Waals surface area contributed by atoms with Crippen LogP contribution >= 0.6 is 0 Å². The number of rotatable bonds is 2. The zero-order chi connectivity index (χ0) is 10.0. The molecule has 0 N–H and O–H groups in total. The Morgan fingerprint density at radius 1 is 1.15 bits per heavy atom. The number of hydrogen-bond acceptors (Lipinski definition) is 0. The van der Waals surface area contributed by atoms with Crippen molar-refractivity contribution in [1.82, 2.24) is 0 Å². The summed E-state index contributed by atoms with van der Waals surface area (Å²) in [5.41, 5.74) is 3.83. The summed E-state index contributed by atoms with van der Waals surface area (Å²) in [7, 11) is 0. The molecular formula is C12H17F. The summed E-state index contributed by atoms with van der Waals surface area (Å²) < 4.78 is 13.6. The molecule has 0 unspecified atom stereocenters. The Balaban J connectivity index is 3.24. The molecule has 1 aromatic rings. The van der Waals surface area contributed by atoms with Crippen molar-refractivity contribution in [3.8, 4) is 0 Å². The van der Waals surface area contributed by atoms with Crippen LogP contribution < -0.4 is 0 Å². The van der Waals surface area contributed by atoms with Gasteiger partial charge in [0.2, 0.25) is 0 Å². The van der Waals surface area contributed by atoms with E-state index in [1.165, 1.54) is 0 Å². The van der Waals surface area contributed by atoms with Crippen molar-refractivity contribution in [3.05, 3.63) is 34.1 Å². The average Bonchev–Trinajstić information content (AvgIpc) is 2.11. The first-order chi connectivity index (χ1) is 6.07. The number of aryl methyl sites for hydroxylation is 2. The van der Waals surface area contributed by atoms with E-state index >= 15 is 0 Å². The molecule has 1 aromatic carbocycles. The molecule has 0 saturated heterocycles. The van der Waals surface area contributed by atoms with Crippen molar-refractivity contribution in [1.29, 1.82) is 0 Å². The predicted octanol–water partition coefficient (Wildman–Crippen LogP) is 3.70. The first kappa shape index (κ1) is 10.2. The number of benzene rings is 1. The molecule has 0 aliphatic carbocycles. The van der Waals surface area contributed by atoms with Crippen LogP contribution in [-0.2, 0) is 6.42 Å². The largest absolute Gasteiger partial charge is 0.206 e. The first-order valence-corrected chi connectivity index (χ1v) is 4.83. The fourth-order valence-electron chi connectivity index (χ4n) is 1.60. The molecule has 0 aliphatic heterocycles. The second-order valence-corrected chi connectivity index (χ2v) is 3.67. The lowest BCUT2D eigenvalue weighted by Gasteiger charge is -2.10. The molecule has 1 rings (SSSR count). The van der Waals surface area contributed by atoms with E-state index in [1.807, 2.05) is 20.8 Å². The van der Waals surface area contributed by atoms with Crippen LogP contribution in [0.1, 0.15) is 35.6 Å². The lowest BCUT2D eigenvalue weighted by Crippen LogP contribution is -1.98. The lowest BCUT2D eigenvalue weighted by atomic mass is 9.97. The smallest absolute Gasteiger partial charge is 0.129 e. The molecule has 0 heterocycles. The van der Waals surface area contributed by atoms with Crippen molar-refractivity contribution < 1.29 is 4.39 Å². The third-order valence-electron chi connectivity index (χ3n) is 2.64. The van der Waals surface area contributed by atoms with E-state index in [9.17, 15) is 4.39 Å². The number of hydrogen-bond donors (Lipinski definition) is 0. The molecule has 0 saturated carbocycles. The zero-order valence-corrected chi connectivity index (χ0v) is 8.87. The normalized spacial score (nSPS) is 10.5. The van der Waals surface area contributed by atoms with Gasteiger partial charge >= 0.3 is 0 Å². The molecule has 0 bridgehead atoms. The molecule has 0 amide bonds. The Labute approximate surface area is 79.8 Å². The minimum atomic E-state index is -0.0246. The van der Waals surface area contributed by atoms with Gasteiger partial charge in [-0.15, -0.1) is 0 Å². The van der Waals surface area contributed by atoms with Crippen LogP contribution in [0.4, 0.5) is 4.39 Å². The van der Waals surface area contributed by atoms with Gasteiger partial charge in [-0.2, -0.15) is 0 Å². The summed E-state index contributed by atoms with van der Waals surface area (Å²) in [4.78, 5) is 0. The van der Waals surface area contributed by atoms with Gasteiger partial charge in [0.15, 0.2) is 0 Å². The molecule has 0 spiro atoms. The predicted molar refractivity (Wildman–Crippen MR) is 54.6 cm³/mol. The second kappa shape index (κ2) is 3.91. The third kappa shape index (κ3) is 1.90. The summed E-state index contributed by atoms with van der Waals surface area (Å²) in [6.07, 6.45) is 2.05. The Bertz CT molecular complexity index is 313. The van der Waals surface area contributed by atoms with Crippen molar-refractivity contribution in [3.63, 3.8) is 0 Å². The van der Waals surface area contributed by atoms with Gasteiger partial charge in [0.05, 0.1) is 0 Å². The maximum Gasteiger partial charge on any atom is 0.129 e. The minimum absolute atomic E-state index is 0.0246. The fraction of sp³-hybridized carbons (Fsp3) is 0.500. The molecule has 0 nitrogen and oxygen atoms in total. The minimum Gasteiger partial charge on any atom is -0.206 e. The molecule has 0 aromatic heterocycles. The van der Waals surface area contributed by atoms with Gasteiger partial charge in [-0.1, -0.05) is 19.4 Å². The summed E-state index contributed by atoms with van der Waals surface area (Å²) in [5, 5.41) is 0. The van der Waals surface area contributed by atoms with Crippen LogP contribution in [0.5, 0.6) is 0 Å². The van der Waals surface area contributed by atoms with E-state index in [-0.39, 0.29) is 5.82 Å². The van der Waals surface area contributed by atoms with E-state index in [0.717, 1.165) is 35.1 Å². The molecular weight excluding hydrogens is 163 g/mol. The molecule has 1 heteroatoms. The summed E-state index contributed by atoms with van der Waals surface area (Å²) in [6, 6.07) is 2.11. The quantitative estimate of drug-likeness (QED) is 0.651. The fourth-order valence-corrected chi connectivity index (χ4v) is 1.60. The summed E-state index contributed by atoms with van der Waals surface area (Å²) in [6.45, 7) is 7.80. The maximum absolute atomic E-state index is 13.6. The lowest BCUT2D eigenvalue weighted by molar-refractivity contribution is 0.603. The SMILES string of the molecule is CCCc1cc(C)c(C)c(F)c1C. The van der Waals surface area contributed by atoms with Crippen LogP contribution in [0.25, 0.3) is 0 Å².